The van der Waals surface area contributed by atoms with Gasteiger partial charge in [0.05, 0.1) is 12.4 Å². The van der Waals surface area contributed by atoms with Gasteiger partial charge in [0.25, 0.3) is 0 Å². The number of hydrogen-bond acceptors (Lipinski definition) is 3. The van der Waals surface area contributed by atoms with Crippen LogP contribution in [-0.4, -0.2) is 29.9 Å². The molecule has 5 heteroatoms. The number of nitrogens with one attached hydrogen (secondary N) is 1. The summed E-state index contributed by atoms with van der Waals surface area (Å²) in [5, 5.41) is 14.0. The minimum absolute atomic E-state index is 0.0451. The second-order valence-corrected chi connectivity index (χ2v) is 5.38. The van der Waals surface area contributed by atoms with E-state index in [-0.39, 0.29) is 19.1 Å². The lowest BCUT2D eigenvalue weighted by Crippen LogP contribution is -2.27. The molecule has 100 valence electrons. The molecule has 0 unspecified atom stereocenters. The van der Waals surface area contributed by atoms with Gasteiger partial charge in [-0.15, -0.1) is 11.8 Å². The number of aliphatic hydroxyl groups is 1. The first-order chi connectivity index (χ1) is 9.22. The normalized spacial score (nSPS) is 10.6. The Morgan fingerprint density at radius 3 is 2.74 bits per heavy atom. The molecule has 0 aliphatic heterocycles. The fourth-order valence-corrected chi connectivity index (χ4v) is 3.05. The number of fused-ring (bicyclic) bond motifs is 1. The van der Waals surface area contributed by atoms with Crippen LogP contribution in [-0.2, 0) is 4.79 Å². The van der Waals surface area contributed by atoms with Crippen LogP contribution in [0.25, 0.3) is 10.8 Å². The number of amides is 1. The van der Waals surface area contributed by atoms with E-state index in [1.165, 1.54) is 11.8 Å². The van der Waals surface area contributed by atoms with Gasteiger partial charge in [0.15, 0.2) is 0 Å². The first-order valence-electron chi connectivity index (χ1n) is 5.90. The fourth-order valence-electron chi connectivity index (χ4n) is 1.77. The van der Waals surface area contributed by atoms with Crippen molar-refractivity contribution in [3.8, 4) is 0 Å². The predicted molar refractivity (Wildman–Crippen MR) is 79.8 cm³/mol. The Kier molecular flexibility index (Phi) is 5.07. The highest BCUT2D eigenvalue weighted by molar-refractivity contribution is 8.00. The van der Waals surface area contributed by atoms with Crippen LogP contribution < -0.4 is 5.32 Å². The molecule has 19 heavy (non-hydrogen) atoms. The van der Waals surface area contributed by atoms with Gasteiger partial charge >= 0.3 is 0 Å². The van der Waals surface area contributed by atoms with Crippen LogP contribution in [0.2, 0.25) is 5.02 Å². The molecule has 0 aliphatic carbocycles. The fraction of sp³-hybridized carbons (Fsp3) is 0.214. The molecule has 0 saturated carbocycles. The minimum atomic E-state index is -0.0943. The van der Waals surface area contributed by atoms with Gasteiger partial charge in [-0.2, -0.15) is 0 Å². The zero-order valence-electron chi connectivity index (χ0n) is 10.2. The Hall–Kier alpha value is -1.23. The van der Waals surface area contributed by atoms with Crippen LogP contribution in [0.4, 0.5) is 0 Å². The third-order valence-electron chi connectivity index (χ3n) is 2.61. The summed E-state index contributed by atoms with van der Waals surface area (Å²) in [7, 11) is 0. The molecule has 2 aromatic rings. The van der Waals surface area contributed by atoms with Crippen LogP contribution in [0.1, 0.15) is 0 Å². The molecule has 2 N–H and O–H groups in total. The van der Waals surface area contributed by atoms with E-state index in [1.54, 1.807) is 0 Å². The van der Waals surface area contributed by atoms with Gasteiger partial charge in [-0.25, -0.2) is 0 Å². The lowest BCUT2D eigenvalue weighted by atomic mass is 10.1. The Labute approximate surface area is 121 Å². The largest absolute Gasteiger partial charge is 0.395 e. The second-order valence-electron chi connectivity index (χ2n) is 3.96. The molecule has 0 radical (unpaired) electrons. The summed E-state index contributed by atoms with van der Waals surface area (Å²) in [6.45, 7) is 0.242. The zero-order chi connectivity index (χ0) is 13.7. The van der Waals surface area contributed by atoms with Crippen molar-refractivity contribution >= 4 is 40.0 Å². The van der Waals surface area contributed by atoms with Gasteiger partial charge in [-0.05, 0) is 17.5 Å². The summed E-state index contributed by atoms with van der Waals surface area (Å²) in [4.78, 5) is 12.5. The molecule has 0 bridgehead atoms. The number of rotatable bonds is 5. The molecular weight excluding hydrogens is 282 g/mol. The zero-order valence-corrected chi connectivity index (χ0v) is 11.8. The van der Waals surface area contributed by atoms with Crippen molar-refractivity contribution in [3.63, 3.8) is 0 Å². The summed E-state index contributed by atoms with van der Waals surface area (Å²) in [6.07, 6.45) is 0. The highest BCUT2D eigenvalue weighted by atomic mass is 35.5. The molecule has 2 rings (SSSR count). The summed E-state index contributed by atoms with van der Waals surface area (Å²) in [5.41, 5.74) is 0. The molecule has 1 amide bonds. The molecule has 0 aromatic heterocycles. The molecule has 0 spiro atoms. The number of benzene rings is 2. The Balaban J connectivity index is 2.15. The van der Waals surface area contributed by atoms with Gasteiger partial charge in [-0.3, -0.25) is 4.79 Å². The van der Waals surface area contributed by atoms with E-state index in [1.807, 2.05) is 36.4 Å². The maximum Gasteiger partial charge on any atom is 0.230 e. The number of thioether (sulfide) groups is 1. The van der Waals surface area contributed by atoms with Gasteiger partial charge in [0.2, 0.25) is 5.91 Å². The molecule has 0 heterocycles. The Bertz CT molecular complexity index is 583. The van der Waals surface area contributed by atoms with Gasteiger partial charge in [0.1, 0.15) is 0 Å². The van der Waals surface area contributed by atoms with Crippen molar-refractivity contribution < 1.29 is 9.90 Å². The van der Waals surface area contributed by atoms with E-state index >= 15 is 0 Å². The number of carbonyl (C=O) groups excluding carboxylic acids is 1. The van der Waals surface area contributed by atoms with Crippen LogP contribution in [0.3, 0.4) is 0 Å². The topological polar surface area (TPSA) is 49.3 Å². The highest BCUT2D eigenvalue weighted by Crippen LogP contribution is 2.32. The van der Waals surface area contributed by atoms with E-state index in [4.69, 9.17) is 16.7 Å². The lowest BCUT2D eigenvalue weighted by Gasteiger charge is -2.08. The third-order valence-corrected chi connectivity index (χ3v) is 3.98. The average Bonchev–Trinajstić information content (AvgIpc) is 2.43. The number of halogens is 1. The Morgan fingerprint density at radius 1 is 1.26 bits per heavy atom. The lowest BCUT2D eigenvalue weighted by molar-refractivity contribution is -0.118. The van der Waals surface area contributed by atoms with Crippen LogP contribution >= 0.6 is 23.4 Å². The number of carbonyl (C=O) groups is 1. The molecule has 0 atom stereocenters. The van der Waals surface area contributed by atoms with Crippen molar-refractivity contribution in [1.29, 1.82) is 0 Å². The standard InChI is InChI=1S/C14H14ClNO2S/c15-11-5-1-3-10-4-2-6-12(14(10)11)19-9-13(18)16-7-8-17/h1-6,17H,7-9H2,(H,16,18). The van der Waals surface area contributed by atoms with Gasteiger partial charge in [0, 0.05) is 21.8 Å². The molecular formula is C14H14ClNO2S. The van der Waals surface area contributed by atoms with Crippen molar-refractivity contribution in [1.82, 2.24) is 5.32 Å². The SMILES string of the molecule is O=C(CSc1cccc2cccc(Cl)c12)NCCO. The van der Waals surface area contributed by atoms with Gasteiger partial charge < -0.3 is 10.4 Å². The predicted octanol–water partition coefficient (Wildman–Crippen LogP) is 2.69. The first kappa shape index (κ1) is 14.2. The van der Waals surface area contributed by atoms with Crippen LogP contribution in [0.15, 0.2) is 41.3 Å². The molecule has 0 fully saturated rings. The molecule has 2 aromatic carbocycles. The number of aliphatic hydroxyl groups excluding tert-OH is 1. The van der Waals surface area contributed by atoms with Crippen molar-refractivity contribution in [2.24, 2.45) is 0 Å². The van der Waals surface area contributed by atoms with Crippen LogP contribution in [0.5, 0.6) is 0 Å². The second kappa shape index (κ2) is 6.80. The Morgan fingerprint density at radius 2 is 2.00 bits per heavy atom. The van der Waals surface area contributed by atoms with Crippen molar-refractivity contribution in [2.45, 2.75) is 4.90 Å². The summed E-state index contributed by atoms with van der Waals surface area (Å²) < 4.78 is 0. The van der Waals surface area contributed by atoms with E-state index in [0.29, 0.717) is 10.8 Å². The monoisotopic (exact) mass is 295 g/mol. The van der Waals surface area contributed by atoms with E-state index in [2.05, 4.69) is 5.32 Å². The maximum atomic E-state index is 11.5. The number of hydrogen-bond donors (Lipinski definition) is 2. The summed E-state index contributed by atoms with van der Waals surface area (Å²) >= 11 is 7.66. The first-order valence-corrected chi connectivity index (χ1v) is 7.26. The summed E-state index contributed by atoms with van der Waals surface area (Å²) in [6, 6.07) is 11.7. The molecule has 0 aliphatic rings. The molecule has 0 saturated heterocycles. The minimum Gasteiger partial charge on any atom is -0.395 e. The quantitative estimate of drug-likeness (QED) is 0.834. The van der Waals surface area contributed by atoms with Crippen molar-refractivity contribution in [2.75, 3.05) is 18.9 Å². The maximum absolute atomic E-state index is 11.5. The van der Waals surface area contributed by atoms with Gasteiger partial charge in [-0.1, -0.05) is 35.9 Å². The average molecular weight is 296 g/mol. The smallest absolute Gasteiger partial charge is 0.230 e. The highest BCUT2D eigenvalue weighted by Gasteiger charge is 2.07. The van der Waals surface area contributed by atoms with E-state index in [0.717, 1.165) is 15.7 Å². The van der Waals surface area contributed by atoms with Crippen molar-refractivity contribution in [3.05, 3.63) is 41.4 Å². The van der Waals surface area contributed by atoms with E-state index in [9.17, 15) is 4.79 Å². The van der Waals surface area contributed by atoms with Crippen LogP contribution in [0, 0.1) is 0 Å². The summed E-state index contributed by atoms with van der Waals surface area (Å²) in [5.74, 6) is 0.216. The molecule has 3 nitrogen and oxygen atoms in total. The third kappa shape index (κ3) is 3.62. The van der Waals surface area contributed by atoms with E-state index < -0.39 is 0 Å².